The summed E-state index contributed by atoms with van der Waals surface area (Å²) in [5.41, 5.74) is 1.39. The fourth-order valence-electron chi connectivity index (χ4n) is 2.20. The van der Waals surface area contributed by atoms with E-state index in [1.807, 2.05) is 6.07 Å². The molecule has 1 atom stereocenters. The van der Waals surface area contributed by atoms with Crippen LogP contribution in [-0.4, -0.2) is 41.1 Å². The van der Waals surface area contributed by atoms with Crippen molar-refractivity contribution in [3.8, 4) is 0 Å². The lowest BCUT2D eigenvalue weighted by Crippen LogP contribution is -2.43. The Hall–Kier alpha value is -2.54. The predicted octanol–water partition coefficient (Wildman–Crippen LogP) is 1.50. The molecular weight excluding hydrogens is 324 g/mol. The van der Waals surface area contributed by atoms with E-state index in [1.165, 1.54) is 0 Å². The van der Waals surface area contributed by atoms with Crippen LogP contribution in [0.3, 0.4) is 0 Å². The largest absolute Gasteiger partial charge is 0.481 e. The zero-order valence-electron chi connectivity index (χ0n) is 12.3. The molecule has 7 nitrogen and oxygen atoms in total. The van der Waals surface area contributed by atoms with E-state index in [0.29, 0.717) is 10.7 Å². The van der Waals surface area contributed by atoms with Crippen molar-refractivity contribution in [3.05, 3.63) is 35.0 Å². The molecular formula is C15H15ClN2O5. The van der Waals surface area contributed by atoms with Gasteiger partial charge in [0.15, 0.2) is 0 Å². The van der Waals surface area contributed by atoms with Gasteiger partial charge in [-0.3, -0.25) is 9.59 Å². The molecule has 0 saturated carbocycles. The molecule has 2 aromatic rings. The Morgan fingerprint density at radius 3 is 2.74 bits per heavy atom. The van der Waals surface area contributed by atoms with Gasteiger partial charge < -0.3 is 20.1 Å². The quantitative estimate of drug-likeness (QED) is 0.692. The molecule has 1 aromatic carbocycles. The maximum atomic E-state index is 12.0. The van der Waals surface area contributed by atoms with Gasteiger partial charge in [0.1, 0.15) is 6.04 Å². The molecule has 0 aliphatic heterocycles. The fraction of sp³-hybridized carbons (Fsp3) is 0.267. The number of aliphatic carboxylic acids is 1. The van der Waals surface area contributed by atoms with E-state index in [0.717, 1.165) is 18.0 Å². The number of benzene rings is 1. The summed E-state index contributed by atoms with van der Waals surface area (Å²) >= 11 is 6.06. The average molecular weight is 339 g/mol. The summed E-state index contributed by atoms with van der Waals surface area (Å²) in [6, 6.07) is 5.86. The number of carboxylic acid groups (broad SMARTS) is 1. The van der Waals surface area contributed by atoms with E-state index in [1.54, 1.807) is 18.2 Å². The number of esters is 1. The molecule has 1 amide bonds. The lowest BCUT2D eigenvalue weighted by atomic mass is 10.2. The van der Waals surface area contributed by atoms with E-state index < -0.39 is 30.3 Å². The van der Waals surface area contributed by atoms with Crippen LogP contribution in [0.2, 0.25) is 5.02 Å². The van der Waals surface area contributed by atoms with Crippen LogP contribution in [0.1, 0.15) is 12.1 Å². The topological polar surface area (TPSA) is 108 Å². The number of halogens is 1. The highest BCUT2D eigenvalue weighted by molar-refractivity contribution is 6.35. The van der Waals surface area contributed by atoms with Gasteiger partial charge in [-0.1, -0.05) is 17.7 Å². The minimum absolute atomic E-state index is 0.0435. The molecule has 0 radical (unpaired) electrons. The van der Waals surface area contributed by atoms with Gasteiger partial charge in [-0.2, -0.15) is 0 Å². The second-order valence-corrected chi connectivity index (χ2v) is 5.32. The minimum atomic E-state index is -1.22. The van der Waals surface area contributed by atoms with Crippen molar-refractivity contribution in [1.29, 1.82) is 0 Å². The molecule has 8 heteroatoms. The Morgan fingerprint density at radius 2 is 2.13 bits per heavy atom. The predicted molar refractivity (Wildman–Crippen MR) is 83.2 cm³/mol. The summed E-state index contributed by atoms with van der Waals surface area (Å²) in [4.78, 5) is 37.3. The smallest absolute Gasteiger partial charge is 0.328 e. The molecule has 0 unspecified atom stereocenters. The molecule has 0 bridgehead atoms. The van der Waals surface area contributed by atoms with Gasteiger partial charge in [-0.15, -0.1) is 0 Å². The molecule has 1 aromatic heterocycles. The molecule has 23 heavy (non-hydrogen) atoms. The third kappa shape index (κ3) is 4.23. The van der Waals surface area contributed by atoms with Crippen molar-refractivity contribution in [2.75, 3.05) is 7.11 Å². The van der Waals surface area contributed by atoms with Gasteiger partial charge >= 0.3 is 11.9 Å². The van der Waals surface area contributed by atoms with Gasteiger partial charge in [-0.05, 0) is 18.2 Å². The molecule has 0 spiro atoms. The maximum absolute atomic E-state index is 12.0. The number of rotatable bonds is 6. The second kappa shape index (κ2) is 7.15. The number of amides is 1. The number of hydrogen-bond donors (Lipinski definition) is 3. The number of carbonyl (C=O) groups excluding carboxylic acids is 2. The number of aromatic nitrogens is 1. The number of ether oxygens (including phenoxy) is 1. The summed E-state index contributed by atoms with van der Waals surface area (Å²) in [7, 11) is 1.13. The lowest BCUT2D eigenvalue weighted by molar-refractivity contribution is -0.149. The normalized spacial score (nSPS) is 11.9. The van der Waals surface area contributed by atoms with Gasteiger partial charge in [0.2, 0.25) is 5.91 Å². The number of H-pyrrole nitrogens is 1. The Kier molecular flexibility index (Phi) is 5.23. The molecule has 0 fully saturated rings. The van der Waals surface area contributed by atoms with Crippen molar-refractivity contribution in [3.63, 3.8) is 0 Å². The Morgan fingerprint density at radius 1 is 1.39 bits per heavy atom. The van der Waals surface area contributed by atoms with Crippen molar-refractivity contribution >= 4 is 40.3 Å². The number of methoxy groups -OCH3 is 1. The molecule has 2 rings (SSSR count). The third-order valence-electron chi connectivity index (χ3n) is 3.22. The van der Waals surface area contributed by atoms with Crippen LogP contribution in [0.5, 0.6) is 0 Å². The monoisotopic (exact) mass is 338 g/mol. The average Bonchev–Trinajstić information content (AvgIpc) is 2.89. The maximum Gasteiger partial charge on any atom is 0.328 e. The molecule has 0 aliphatic carbocycles. The SMILES string of the molecule is COC(=O)[C@H](CC(=O)O)NC(=O)Cc1cc2c(Cl)cccc2[nH]1. The van der Waals surface area contributed by atoms with Crippen LogP contribution in [0, 0.1) is 0 Å². The lowest BCUT2D eigenvalue weighted by Gasteiger charge is -2.14. The Labute approximate surface area is 136 Å². The van der Waals surface area contributed by atoms with Crippen molar-refractivity contribution in [1.82, 2.24) is 10.3 Å². The standard InChI is InChI=1S/C15H15ClN2O5/c1-23-15(22)12(7-14(20)21)18-13(19)6-8-5-9-10(16)3-2-4-11(9)17-8/h2-5,12,17H,6-7H2,1H3,(H,18,19)(H,20,21)/t12-/m0/s1. The summed E-state index contributed by atoms with van der Waals surface area (Å²) in [6.07, 6.45) is -0.588. The third-order valence-corrected chi connectivity index (χ3v) is 3.55. The highest BCUT2D eigenvalue weighted by Gasteiger charge is 2.24. The number of carboxylic acids is 1. The zero-order chi connectivity index (χ0) is 17.0. The fourth-order valence-corrected chi connectivity index (χ4v) is 2.43. The zero-order valence-corrected chi connectivity index (χ0v) is 13.0. The Balaban J connectivity index is 2.08. The summed E-state index contributed by atoms with van der Waals surface area (Å²) in [5.74, 6) is -2.51. The highest BCUT2D eigenvalue weighted by Crippen LogP contribution is 2.24. The van der Waals surface area contributed by atoms with E-state index in [4.69, 9.17) is 16.7 Å². The van der Waals surface area contributed by atoms with Crippen LogP contribution >= 0.6 is 11.6 Å². The van der Waals surface area contributed by atoms with Crippen LogP contribution in [0.15, 0.2) is 24.3 Å². The van der Waals surface area contributed by atoms with E-state index >= 15 is 0 Å². The van der Waals surface area contributed by atoms with Gasteiger partial charge in [0, 0.05) is 21.6 Å². The van der Waals surface area contributed by atoms with E-state index in [2.05, 4.69) is 15.0 Å². The van der Waals surface area contributed by atoms with Crippen LogP contribution < -0.4 is 5.32 Å². The van der Waals surface area contributed by atoms with Crippen LogP contribution in [0.4, 0.5) is 0 Å². The highest BCUT2D eigenvalue weighted by atomic mass is 35.5. The van der Waals surface area contributed by atoms with E-state index in [9.17, 15) is 14.4 Å². The molecule has 0 saturated heterocycles. The van der Waals surface area contributed by atoms with E-state index in [-0.39, 0.29) is 6.42 Å². The first kappa shape index (κ1) is 16.8. The number of nitrogens with one attached hydrogen (secondary N) is 2. The van der Waals surface area contributed by atoms with Crippen molar-refractivity contribution in [2.24, 2.45) is 0 Å². The summed E-state index contributed by atoms with van der Waals surface area (Å²) < 4.78 is 4.49. The van der Waals surface area contributed by atoms with Crippen LogP contribution in [-0.2, 0) is 25.5 Å². The molecule has 122 valence electrons. The van der Waals surface area contributed by atoms with Gasteiger partial charge in [0.25, 0.3) is 0 Å². The van der Waals surface area contributed by atoms with Crippen molar-refractivity contribution in [2.45, 2.75) is 18.9 Å². The number of hydrogen-bond acceptors (Lipinski definition) is 4. The van der Waals surface area contributed by atoms with Gasteiger partial charge in [-0.25, -0.2) is 4.79 Å². The molecule has 0 aliphatic rings. The van der Waals surface area contributed by atoms with Gasteiger partial charge in [0.05, 0.1) is 20.0 Å². The first-order valence-corrected chi connectivity index (χ1v) is 7.13. The first-order valence-electron chi connectivity index (χ1n) is 6.75. The van der Waals surface area contributed by atoms with Crippen LogP contribution in [0.25, 0.3) is 10.9 Å². The van der Waals surface area contributed by atoms with Crippen molar-refractivity contribution < 1.29 is 24.2 Å². The second-order valence-electron chi connectivity index (χ2n) is 4.91. The first-order chi connectivity index (χ1) is 10.9. The molecule has 3 N–H and O–H groups in total. The summed E-state index contributed by atoms with van der Waals surface area (Å²) in [6.45, 7) is 0. The minimum Gasteiger partial charge on any atom is -0.481 e. The molecule has 1 heterocycles. The Bertz CT molecular complexity index is 755. The summed E-state index contributed by atoms with van der Waals surface area (Å²) in [5, 5.41) is 12.5. The number of carbonyl (C=O) groups is 3. The number of aromatic amines is 1. The number of fused-ring (bicyclic) bond motifs is 1.